The van der Waals surface area contributed by atoms with Gasteiger partial charge < -0.3 is 14.2 Å². The van der Waals surface area contributed by atoms with Crippen molar-refractivity contribution in [3.63, 3.8) is 0 Å². The van der Waals surface area contributed by atoms with Crippen LogP contribution in [0.3, 0.4) is 0 Å². The summed E-state index contributed by atoms with van der Waals surface area (Å²) >= 11 is 0. The molecule has 0 N–H and O–H groups in total. The van der Waals surface area contributed by atoms with Crippen molar-refractivity contribution in [3.8, 4) is 23.1 Å². The molecule has 0 saturated carbocycles. The number of alkyl halides is 3. The summed E-state index contributed by atoms with van der Waals surface area (Å²) in [5.74, 6) is 0.204. The Labute approximate surface area is 197 Å². The van der Waals surface area contributed by atoms with Gasteiger partial charge in [-0.2, -0.15) is 18.4 Å². The van der Waals surface area contributed by atoms with Crippen LogP contribution in [0.1, 0.15) is 44.5 Å². The first-order valence-corrected chi connectivity index (χ1v) is 11.7. The number of aromatic nitrogens is 3. The molecular formula is C25H28F3N5O. The Morgan fingerprint density at radius 1 is 1.12 bits per heavy atom. The molecule has 0 spiro atoms. The molecule has 1 aliphatic rings. The highest BCUT2D eigenvalue weighted by molar-refractivity contribution is 5.91. The molecule has 3 aromatic rings. The molecule has 180 valence electrons. The number of halogens is 3. The number of piperidine rings is 1. The van der Waals surface area contributed by atoms with Crippen molar-refractivity contribution in [2.75, 3.05) is 26.2 Å². The molecule has 1 saturated heterocycles. The van der Waals surface area contributed by atoms with Crippen molar-refractivity contribution >= 4 is 11.0 Å². The van der Waals surface area contributed by atoms with Gasteiger partial charge in [0.25, 0.3) is 0 Å². The van der Waals surface area contributed by atoms with Crippen LogP contribution < -0.4 is 4.74 Å². The number of ether oxygens (including phenoxy) is 1. The van der Waals surface area contributed by atoms with Crippen LogP contribution in [0.2, 0.25) is 0 Å². The third-order valence-corrected chi connectivity index (χ3v) is 6.56. The van der Waals surface area contributed by atoms with Gasteiger partial charge in [0.2, 0.25) is 5.82 Å². The molecular weight excluding hydrogens is 443 g/mol. The van der Waals surface area contributed by atoms with Gasteiger partial charge in [0.1, 0.15) is 17.5 Å². The fraction of sp³-hybridized carbons (Fsp3) is 0.480. The smallest absolute Gasteiger partial charge is 0.419 e. The molecule has 0 aliphatic carbocycles. The largest absolute Gasteiger partial charge is 0.493 e. The highest BCUT2D eigenvalue weighted by Gasteiger charge is 2.35. The van der Waals surface area contributed by atoms with E-state index in [9.17, 15) is 18.4 Å². The van der Waals surface area contributed by atoms with Crippen LogP contribution >= 0.6 is 0 Å². The monoisotopic (exact) mass is 471 g/mol. The molecule has 0 unspecified atom stereocenters. The summed E-state index contributed by atoms with van der Waals surface area (Å²) in [7, 11) is 0. The lowest BCUT2D eigenvalue weighted by Gasteiger charge is -2.31. The number of benzene rings is 1. The van der Waals surface area contributed by atoms with Crippen molar-refractivity contribution in [2.24, 2.45) is 5.92 Å². The van der Waals surface area contributed by atoms with E-state index in [0.717, 1.165) is 45.0 Å². The van der Waals surface area contributed by atoms with Gasteiger partial charge in [-0.3, -0.25) is 0 Å². The van der Waals surface area contributed by atoms with E-state index >= 15 is 0 Å². The number of likely N-dealkylation sites (tertiary alicyclic amines) is 1. The SMILES string of the molecule is CCN1CCC(CCOc2ccc(-c3nc(C#N)nc4c3ccn4CC)cc2C(F)(F)F)CC1. The van der Waals surface area contributed by atoms with Crippen LogP contribution in [0.25, 0.3) is 22.3 Å². The Kier molecular flexibility index (Phi) is 7.08. The van der Waals surface area contributed by atoms with Crippen LogP contribution in [0.4, 0.5) is 13.2 Å². The Bertz CT molecular complexity index is 1190. The molecule has 3 heterocycles. The first-order valence-electron chi connectivity index (χ1n) is 11.7. The van der Waals surface area contributed by atoms with Crippen LogP contribution in [-0.4, -0.2) is 45.7 Å². The van der Waals surface area contributed by atoms with Crippen molar-refractivity contribution in [1.29, 1.82) is 5.26 Å². The van der Waals surface area contributed by atoms with Crippen molar-refractivity contribution < 1.29 is 17.9 Å². The average Bonchev–Trinajstić information content (AvgIpc) is 3.26. The number of hydrogen-bond donors (Lipinski definition) is 0. The van der Waals surface area contributed by atoms with Gasteiger partial charge in [-0.25, -0.2) is 9.97 Å². The van der Waals surface area contributed by atoms with Gasteiger partial charge in [0, 0.05) is 23.7 Å². The van der Waals surface area contributed by atoms with E-state index in [1.165, 1.54) is 6.07 Å². The van der Waals surface area contributed by atoms with Crippen LogP contribution in [0.5, 0.6) is 5.75 Å². The minimum Gasteiger partial charge on any atom is -0.493 e. The van der Waals surface area contributed by atoms with Gasteiger partial charge in [-0.05, 0) is 76.0 Å². The van der Waals surface area contributed by atoms with Gasteiger partial charge in [0.05, 0.1) is 17.9 Å². The van der Waals surface area contributed by atoms with Gasteiger partial charge in [-0.1, -0.05) is 6.92 Å². The second-order valence-corrected chi connectivity index (χ2v) is 8.57. The fourth-order valence-corrected chi connectivity index (χ4v) is 4.54. The van der Waals surface area contributed by atoms with Crippen molar-refractivity contribution in [1.82, 2.24) is 19.4 Å². The van der Waals surface area contributed by atoms with E-state index in [1.54, 1.807) is 18.3 Å². The predicted molar refractivity (Wildman–Crippen MR) is 123 cm³/mol. The van der Waals surface area contributed by atoms with E-state index in [0.29, 0.717) is 29.2 Å². The minimum atomic E-state index is -4.59. The van der Waals surface area contributed by atoms with Crippen molar-refractivity contribution in [3.05, 3.63) is 41.9 Å². The average molecular weight is 472 g/mol. The van der Waals surface area contributed by atoms with E-state index in [1.807, 2.05) is 17.6 Å². The minimum absolute atomic E-state index is 0.0843. The molecule has 0 bridgehead atoms. The molecule has 1 aliphatic heterocycles. The lowest BCUT2D eigenvalue weighted by Crippen LogP contribution is -2.33. The standard InChI is InChI=1S/C25H28F3N5O/c1-3-32-11-7-17(8-12-32)10-14-34-21-6-5-18(15-20(21)25(26,27)28)23-19-9-13-33(4-2)24(19)31-22(16-29)30-23/h5-6,9,13,15,17H,3-4,7-8,10-12,14H2,1-2H3. The maximum Gasteiger partial charge on any atom is 0.419 e. The molecule has 2 aromatic heterocycles. The number of nitrogens with zero attached hydrogens (tertiary/aromatic N) is 5. The molecule has 6 nitrogen and oxygen atoms in total. The quantitative estimate of drug-likeness (QED) is 0.455. The predicted octanol–water partition coefficient (Wildman–Crippen LogP) is 5.51. The van der Waals surface area contributed by atoms with E-state index < -0.39 is 11.7 Å². The van der Waals surface area contributed by atoms with Gasteiger partial charge in [0.15, 0.2) is 0 Å². The summed E-state index contributed by atoms with van der Waals surface area (Å²) in [5.41, 5.74) is 0.246. The first kappa shape index (κ1) is 24.0. The highest BCUT2D eigenvalue weighted by Crippen LogP contribution is 2.40. The summed E-state index contributed by atoms with van der Waals surface area (Å²) in [5, 5.41) is 9.94. The third-order valence-electron chi connectivity index (χ3n) is 6.56. The molecule has 1 fully saturated rings. The number of hydrogen-bond acceptors (Lipinski definition) is 5. The lowest BCUT2D eigenvalue weighted by atomic mass is 9.94. The van der Waals surface area contributed by atoms with Crippen LogP contribution in [0.15, 0.2) is 30.5 Å². The number of aryl methyl sites for hydroxylation is 1. The zero-order valence-electron chi connectivity index (χ0n) is 19.4. The summed E-state index contributed by atoms with van der Waals surface area (Å²) < 4.78 is 49.3. The molecule has 0 amide bonds. The molecule has 1 aromatic carbocycles. The molecule has 9 heteroatoms. The third kappa shape index (κ3) is 5.02. The maximum absolute atomic E-state index is 14.0. The van der Waals surface area contributed by atoms with Crippen LogP contribution in [0, 0.1) is 17.2 Å². The summed E-state index contributed by atoms with van der Waals surface area (Å²) in [6.45, 7) is 8.01. The Morgan fingerprint density at radius 2 is 1.88 bits per heavy atom. The second-order valence-electron chi connectivity index (χ2n) is 8.57. The topological polar surface area (TPSA) is 67.0 Å². The van der Waals surface area contributed by atoms with E-state index in [-0.39, 0.29) is 23.7 Å². The molecule has 0 atom stereocenters. The van der Waals surface area contributed by atoms with Gasteiger partial charge >= 0.3 is 6.18 Å². The molecule has 4 rings (SSSR count). The summed E-state index contributed by atoms with van der Waals surface area (Å²) in [6.07, 6.45) is 0.0307. The first-order chi connectivity index (χ1) is 16.3. The fourth-order valence-electron chi connectivity index (χ4n) is 4.54. The van der Waals surface area contributed by atoms with Crippen LogP contribution in [-0.2, 0) is 12.7 Å². The number of nitriles is 1. The number of fused-ring (bicyclic) bond motifs is 1. The van der Waals surface area contributed by atoms with E-state index in [2.05, 4.69) is 21.8 Å². The van der Waals surface area contributed by atoms with E-state index in [4.69, 9.17) is 4.74 Å². The Balaban J connectivity index is 1.60. The molecule has 34 heavy (non-hydrogen) atoms. The van der Waals surface area contributed by atoms with Crippen molar-refractivity contribution in [2.45, 2.75) is 45.8 Å². The highest BCUT2D eigenvalue weighted by atomic mass is 19.4. The normalized spacial score (nSPS) is 15.5. The molecule has 0 radical (unpaired) electrons. The number of rotatable bonds is 7. The second kappa shape index (κ2) is 10.0. The lowest BCUT2D eigenvalue weighted by molar-refractivity contribution is -0.138. The summed E-state index contributed by atoms with van der Waals surface area (Å²) in [6, 6.07) is 7.65. The zero-order chi connectivity index (χ0) is 24.3. The Morgan fingerprint density at radius 3 is 2.53 bits per heavy atom. The zero-order valence-corrected chi connectivity index (χ0v) is 19.4. The van der Waals surface area contributed by atoms with Gasteiger partial charge in [-0.15, -0.1) is 0 Å². The summed E-state index contributed by atoms with van der Waals surface area (Å²) in [4.78, 5) is 10.8. The Hall–Kier alpha value is -3.12. The maximum atomic E-state index is 14.0.